The Morgan fingerprint density at radius 1 is 1.21 bits per heavy atom. The van der Waals surface area contributed by atoms with Crippen molar-refractivity contribution in [2.24, 2.45) is 0 Å². The van der Waals surface area contributed by atoms with E-state index in [1.807, 2.05) is 13.0 Å². The molecule has 2 aliphatic heterocycles. The lowest BCUT2D eigenvalue weighted by Crippen LogP contribution is -2.50. The Morgan fingerprint density at radius 2 is 2.03 bits per heavy atom. The maximum atomic E-state index is 12.6. The summed E-state index contributed by atoms with van der Waals surface area (Å²) in [5.41, 5.74) is 3.89. The highest BCUT2D eigenvalue weighted by Gasteiger charge is 2.24. The lowest BCUT2D eigenvalue weighted by molar-refractivity contribution is -0.000948. The number of fused-ring (bicyclic) bond motifs is 3. The maximum absolute atomic E-state index is 12.6. The molecule has 0 saturated carbocycles. The summed E-state index contributed by atoms with van der Waals surface area (Å²) in [5.74, 6) is 1.46. The molecular weight excluding hydrogens is 372 g/mol. The highest BCUT2D eigenvalue weighted by molar-refractivity contribution is 5.70. The van der Waals surface area contributed by atoms with Crippen molar-refractivity contribution in [1.29, 1.82) is 0 Å². The van der Waals surface area contributed by atoms with Gasteiger partial charge < -0.3 is 28.8 Å². The van der Waals surface area contributed by atoms with Crippen molar-refractivity contribution in [3.8, 4) is 22.9 Å². The fraction of sp³-hybridized carbons (Fsp3) is 0.500. The number of ether oxygens (including phenoxy) is 4. The third-order valence-corrected chi connectivity index (χ3v) is 5.60. The number of methoxy groups -OCH3 is 2. The van der Waals surface area contributed by atoms with Crippen LogP contribution in [0.25, 0.3) is 11.3 Å². The van der Waals surface area contributed by atoms with E-state index in [0.717, 1.165) is 48.6 Å². The van der Waals surface area contributed by atoms with Crippen molar-refractivity contribution < 1.29 is 18.9 Å². The molecule has 3 heterocycles. The number of benzene rings is 1. The first-order valence-electron chi connectivity index (χ1n) is 10.0. The van der Waals surface area contributed by atoms with Gasteiger partial charge in [0.2, 0.25) is 0 Å². The van der Waals surface area contributed by atoms with Gasteiger partial charge in [-0.05, 0) is 37.1 Å². The molecule has 0 unspecified atom stereocenters. The Balaban J connectivity index is 1.64. The summed E-state index contributed by atoms with van der Waals surface area (Å²) in [4.78, 5) is 12.6. The summed E-state index contributed by atoms with van der Waals surface area (Å²) < 4.78 is 24.6. The van der Waals surface area contributed by atoms with Crippen molar-refractivity contribution >= 4 is 0 Å². The van der Waals surface area contributed by atoms with E-state index in [9.17, 15) is 4.79 Å². The minimum atomic E-state index is -0.191. The lowest BCUT2D eigenvalue weighted by Gasteiger charge is -2.30. The fourth-order valence-electron chi connectivity index (χ4n) is 3.82. The van der Waals surface area contributed by atoms with Gasteiger partial charge in [0.15, 0.2) is 11.3 Å². The molecule has 1 saturated heterocycles. The van der Waals surface area contributed by atoms with Gasteiger partial charge in [0.1, 0.15) is 24.6 Å². The van der Waals surface area contributed by atoms with Gasteiger partial charge in [0.25, 0.3) is 0 Å². The molecule has 0 aliphatic carbocycles. The van der Waals surface area contributed by atoms with Gasteiger partial charge in [-0.2, -0.15) is 0 Å². The molecule has 1 aromatic heterocycles. The highest BCUT2D eigenvalue weighted by atomic mass is 16.6. The van der Waals surface area contributed by atoms with E-state index >= 15 is 0 Å². The van der Waals surface area contributed by atoms with Crippen LogP contribution in [0.1, 0.15) is 11.1 Å². The molecule has 1 aromatic carbocycles. The molecule has 1 atom stereocenters. The van der Waals surface area contributed by atoms with Gasteiger partial charge in [-0.3, -0.25) is 4.79 Å². The largest absolute Gasteiger partial charge is 0.488 e. The van der Waals surface area contributed by atoms with E-state index in [2.05, 4.69) is 22.0 Å². The number of aromatic nitrogens is 1. The van der Waals surface area contributed by atoms with Crippen LogP contribution < -0.4 is 20.2 Å². The van der Waals surface area contributed by atoms with Gasteiger partial charge in [-0.25, -0.2) is 0 Å². The first-order chi connectivity index (χ1) is 14.1. The Bertz CT molecular complexity index is 936. The van der Waals surface area contributed by atoms with Crippen LogP contribution in [0.4, 0.5) is 0 Å². The summed E-state index contributed by atoms with van der Waals surface area (Å²) in [5, 5.41) is 3.21. The predicted octanol–water partition coefficient (Wildman–Crippen LogP) is 1.77. The van der Waals surface area contributed by atoms with Gasteiger partial charge in [-0.15, -0.1) is 0 Å². The number of pyridine rings is 1. The zero-order chi connectivity index (χ0) is 20.4. The number of hydrogen-bond donors (Lipinski definition) is 1. The minimum Gasteiger partial charge on any atom is -0.488 e. The topological polar surface area (TPSA) is 71.0 Å². The van der Waals surface area contributed by atoms with E-state index < -0.39 is 0 Å². The van der Waals surface area contributed by atoms with Gasteiger partial charge in [0, 0.05) is 51.0 Å². The normalized spacial score (nSPS) is 16.5. The van der Waals surface area contributed by atoms with Crippen molar-refractivity contribution in [3.05, 3.63) is 45.6 Å². The molecule has 0 radical (unpaired) electrons. The van der Waals surface area contributed by atoms with Crippen molar-refractivity contribution in [3.63, 3.8) is 0 Å². The van der Waals surface area contributed by atoms with Crippen molar-refractivity contribution in [2.75, 3.05) is 40.5 Å². The van der Waals surface area contributed by atoms with E-state index in [4.69, 9.17) is 18.9 Å². The van der Waals surface area contributed by atoms with Crippen LogP contribution in [0.15, 0.2) is 29.1 Å². The Labute approximate surface area is 170 Å². The second-order valence-corrected chi connectivity index (χ2v) is 7.56. The molecular formula is C22H28N2O5. The van der Waals surface area contributed by atoms with Crippen LogP contribution in [0.3, 0.4) is 0 Å². The molecule has 7 heteroatoms. The SMILES string of the molecule is COC[C@@H](COc1cc(=O)c(C)c2n1CCc1cc(OC3CNC3)ccc1-2)OC. The molecule has 7 nitrogen and oxygen atoms in total. The lowest BCUT2D eigenvalue weighted by atomic mass is 9.94. The molecule has 156 valence electrons. The summed E-state index contributed by atoms with van der Waals surface area (Å²) in [7, 11) is 3.25. The van der Waals surface area contributed by atoms with E-state index in [-0.39, 0.29) is 17.6 Å². The van der Waals surface area contributed by atoms with Gasteiger partial charge in [0.05, 0.1) is 12.3 Å². The molecule has 2 aromatic rings. The maximum Gasteiger partial charge on any atom is 0.197 e. The molecule has 0 bridgehead atoms. The number of nitrogens with one attached hydrogen (secondary N) is 1. The summed E-state index contributed by atoms with van der Waals surface area (Å²) in [6.45, 7) is 5.15. The first kappa shape index (κ1) is 19.9. The molecule has 0 spiro atoms. The van der Waals surface area contributed by atoms with Gasteiger partial charge >= 0.3 is 0 Å². The van der Waals surface area contributed by atoms with E-state index in [1.54, 1.807) is 20.3 Å². The van der Waals surface area contributed by atoms with E-state index in [1.165, 1.54) is 5.56 Å². The van der Waals surface area contributed by atoms with Crippen LogP contribution >= 0.6 is 0 Å². The van der Waals surface area contributed by atoms with Crippen LogP contribution in [-0.4, -0.2) is 57.3 Å². The van der Waals surface area contributed by atoms with Crippen molar-refractivity contribution in [1.82, 2.24) is 9.88 Å². The quantitative estimate of drug-likeness (QED) is 0.728. The molecule has 0 amide bonds. The zero-order valence-electron chi connectivity index (χ0n) is 17.2. The van der Waals surface area contributed by atoms with Crippen LogP contribution in [0.5, 0.6) is 11.6 Å². The molecule has 29 heavy (non-hydrogen) atoms. The smallest absolute Gasteiger partial charge is 0.197 e. The molecule has 4 rings (SSSR count). The van der Waals surface area contributed by atoms with Crippen molar-refractivity contribution in [2.45, 2.75) is 32.1 Å². The van der Waals surface area contributed by atoms with Crippen LogP contribution in [0.2, 0.25) is 0 Å². The Kier molecular flexibility index (Phi) is 5.89. The average Bonchev–Trinajstić information content (AvgIpc) is 2.70. The van der Waals surface area contributed by atoms with Gasteiger partial charge in [-0.1, -0.05) is 0 Å². The monoisotopic (exact) mass is 400 g/mol. The fourth-order valence-corrected chi connectivity index (χ4v) is 3.82. The molecule has 2 aliphatic rings. The Hall–Kier alpha value is -2.35. The molecule has 1 fully saturated rings. The van der Waals surface area contributed by atoms with Crippen LogP contribution in [-0.2, 0) is 22.4 Å². The molecule has 1 N–H and O–H groups in total. The average molecular weight is 400 g/mol. The number of rotatable bonds is 8. The predicted molar refractivity (Wildman–Crippen MR) is 110 cm³/mol. The minimum absolute atomic E-state index is 0.0272. The number of hydrogen-bond acceptors (Lipinski definition) is 6. The third kappa shape index (κ3) is 4.03. The second kappa shape index (κ2) is 8.57. The van der Waals surface area contributed by atoms with Crippen LogP contribution in [0, 0.1) is 6.92 Å². The zero-order valence-corrected chi connectivity index (χ0v) is 17.2. The summed E-state index contributed by atoms with van der Waals surface area (Å²) in [6, 6.07) is 7.73. The van der Waals surface area contributed by atoms with E-state index in [0.29, 0.717) is 19.1 Å². The standard InChI is InChI=1S/C22H28N2O5/c1-14-20(25)9-21(28-13-18(27-3)12-26-2)24-7-6-15-8-16(29-17-10-23-11-17)4-5-19(15)22(14)24/h4-5,8-9,17-18,23H,6-7,10-13H2,1-3H3/t18-/m0/s1. The second-order valence-electron chi connectivity index (χ2n) is 7.56. The number of aryl methyl sites for hydroxylation is 1. The number of nitrogens with zero attached hydrogens (tertiary/aromatic N) is 1. The summed E-state index contributed by atoms with van der Waals surface area (Å²) in [6.07, 6.45) is 0.908. The first-order valence-corrected chi connectivity index (χ1v) is 10.0. The third-order valence-electron chi connectivity index (χ3n) is 5.60. The highest BCUT2D eigenvalue weighted by Crippen LogP contribution is 2.35. The summed E-state index contributed by atoms with van der Waals surface area (Å²) >= 11 is 0. The Morgan fingerprint density at radius 3 is 2.72 bits per heavy atom.